The number of unbranched alkanes of at least 4 members (excludes halogenated alkanes) is 2. The largest absolute Gasteiger partial charge is 0.479 e. The van der Waals surface area contributed by atoms with Crippen molar-refractivity contribution in [2.45, 2.75) is 31.5 Å². The smallest absolute Gasteiger partial charge is 0.414 e. The summed E-state index contributed by atoms with van der Waals surface area (Å²) in [7, 11) is 0. The van der Waals surface area contributed by atoms with Crippen molar-refractivity contribution in [3.05, 3.63) is 45.6 Å². The molecule has 0 aliphatic carbocycles. The standard InChI is InChI=1S/C26H29ClN4O8S.ClH/c27-21-9-8-20(40-21)24(34)31(23(25(35)36)28-10-2-1-3-12-32)15-19-14-30(26(37)39-19)18-6-4-17(5-7-18)29-11-13-38-16-22(29)33;/h4-9,12,19,23,28H,1-3,10-11,13-16H2,(H,35,36);1H/t19-,23+;/m1./s1. The quantitative estimate of drug-likeness (QED) is 0.194. The highest BCUT2D eigenvalue weighted by Gasteiger charge is 2.39. The number of benzene rings is 1. The second-order valence-corrected chi connectivity index (χ2v) is 10.9. The zero-order valence-corrected chi connectivity index (χ0v) is 24.3. The molecule has 0 radical (unpaired) electrons. The first-order valence-electron chi connectivity index (χ1n) is 12.7. The van der Waals surface area contributed by atoms with Gasteiger partial charge < -0.3 is 29.2 Å². The number of carboxylic acid groups (broad SMARTS) is 1. The number of carbonyl (C=O) groups excluding carboxylic acids is 4. The molecule has 0 bridgehead atoms. The van der Waals surface area contributed by atoms with Crippen molar-refractivity contribution < 1.29 is 38.6 Å². The second kappa shape index (κ2) is 15.1. The highest BCUT2D eigenvalue weighted by Crippen LogP contribution is 2.28. The van der Waals surface area contributed by atoms with Crippen LogP contribution in [-0.2, 0) is 23.9 Å². The fourth-order valence-corrected chi connectivity index (χ4v) is 5.45. The van der Waals surface area contributed by atoms with Crippen LogP contribution in [0, 0.1) is 0 Å². The third-order valence-electron chi connectivity index (χ3n) is 6.41. The number of hydrogen-bond donors (Lipinski definition) is 2. The number of thiophene rings is 1. The van der Waals surface area contributed by atoms with Gasteiger partial charge in [-0.15, -0.1) is 23.7 Å². The molecule has 12 nitrogen and oxygen atoms in total. The van der Waals surface area contributed by atoms with Gasteiger partial charge in [-0.05, 0) is 55.8 Å². The number of ether oxygens (including phenoxy) is 2. The molecule has 222 valence electrons. The predicted octanol–water partition coefficient (Wildman–Crippen LogP) is 3.02. The van der Waals surface area contributed by atoms with Crippen LogP contribution in [0.4, 0.5) is 16.2 Å². The molecule has 2 aliphatic rings. The lowest BCUT2D eigenvalue weighted by atomic mass is 10.2. The molecule has 2 aliphatic heterocycles. The van der Waals surface area contributed by atoms with Gasteiger partial charge in [0.25, 0.3) is 11.8 Å². The third-order valence-corrected chi connectivity index (χ3v) is 7.63. The van der Waals surface area contributed by atoms with E-state index in [0.29, 0.717) is 48.1 Å². The molecule has 3 heterocycles. The number of anilines is 2. The first-order valence-corrected chi connectivity index (χ1v) is 13.9. The van der Waals surface area contributed by atoms with Crippen LogP contribution < -0.4 is 15.1 Å². The maximum absolute atomic E-state index is 13.4. The highest BCUT2D eigenvalue weighted by molar-refractivity contribution is 7.18. The van der Waals surface area contributed by atoms with Gasteiger partial charge >= 0.3 is 12.1 Å². The molecular formula is C26H30Cl2N4O8S. The predicted molar refractivity (Wildman–Crippen MR) is 154 cm³/mol. The molecule has 2 N–H and O–H groups in total. The number of amides is 3. The molecule has 2 aromatic rings. The molecule has 0 saturated carbocycles. The van der Waals surface area contributed by atoms with Crippen LogP contribution in [-0.4, -0.2) is 91.8 Å². The second-order valence-electron chi connectivity index (χ2n) is 9.15. The van der Waals surface area contributed by atoms with Gasteiger partial charge in [-0.2, -0.15) is 0 Å². The Bertz CT molecular complexity index is 1240. The van der Waals surface area contributed by atoms with Gasteiger partial charge in [-0.1, -0.05) is 11.6 Å². The van der Waals surface area contributed by atoms with Crippen molar-refractivity contribution in [1.29, 1.82) is 0 Å². The lowest BCUT2D eigenvalue weighted by Gasteiger charge is -2.30. The topological polar surface area (TPSA) is 146 Å². The van der Waals surface area contributed by atoms with Crippen LogP contribution >= 0.6 is 35.3 Å². The van der Waals surface area contributed by atoms with E-state index in [1.54, 1.807) is 35.2 Å². The number of morpholine rings is 1. The number of aldehydes is 1. The van der Waals surface area contributed by atoms with E-state index in [2.05, 4.69) is 5.32 Å². The molecule has 4 rings (SSSR count). The minimum atomic E-state index is -1.40. The summed E-state index contributed by atoms with van der Waals surface area (Å²) in [5, 5.41) is 12.8. The first-order chi connectivity index (χ1) is 19.3. The molecule has 2 fully saturated rings. The summed E-state index contributed by atoms with van der Waals surface area (Å²) in [6, 6.07) is 9.90. The van der Waals surface area contributed by atoms with E-state index in [-0.39, 0.29) is 49.4 Å². The van der Waals surface area contributed by atoms with Crippen molar-refractivity contribution in [3.8, 4) is 0 Å². The summed E-state index contributed by atoms with van der Waals surface area (Å²) in [6.45, 7) is 1.03. The Hall–Kier alpha value is -3.23. The maximum atomic E-state index is 13.4. The number of carboxylic acids is 1. The summed E-state index contributed by atoms with van der Waals surface area (Å²) < 4.78 is 11.1. The fraction of sp³-hybridized carbons (Fsp3) is 0.423. The number of nitrogens with zero attached hydrogens (tertiary/aromatic N) is 3. The normalized spacial score (nSPS) is 17.5. The molecule has 3 amide bonds. The minimum absolute atomic E-state index is 0. The molecule has 15 heteroatoms. The number of hydrogen-bond acceptors (Lipinski definition) is 9. The first kappa shape index (κ1) is 32.3. The number of nitrogens with one attached hydrogen (secondary N) is 1. The van der Waals surface area contributed by atoms with Gasteiger partial charge in [0.15, 0.2) is 6.17 Å². The number of aliphatic carboxylic acids is 1. The molecular weight excluding hydrogens is 599 g/mol. The Morgan fingerprint density at radius 2 is 1.85 bits per heavy atom. The molecule has 1 aromatic carbocycles. The van der Waals surface area contributed by atoms with Crippen LogP contribution in [0.1, 0.15) is 28.9 Å². The van der Waals surface area contributed by atoms with Crippen molar-refractivity contribution in [2.75, 3.05) is 49.2 Å². The Kier molecular flexibility index (Phi) is 11.9. The van der Waals surface area contributed by atoms with E-state index < -0.39 is 30.2 Å². The minimum Gasteiger partial charge on any atom is -0.479 e. The summed E-state index contributed by atoms with van der Waals surface area (Å²) in [4.78, 5) is 65.5. The van der Waals surface area contributed by atoms with Gasteiger partial charge in [0.2, 0.25) is 0 Å². The van der Waals surface area contributed by atoms with Crippen LogP contribution in [0.15, 0.2) is 36.4 Å². The SMILES string of the molecule is Cl.O=CCCCCN[C@H](C(=O)O)N(C[C@H]1CN(c2ccc(N3CCOCC3=O)cc2)C(=O)O1)C(=O)c1ccc(Cl)s1. The van der Waals surface area contributed by atoms with E-state index >= 15 is 0 Å². The summed E-state index contributed by atoms with van der Waals surface area (Å²) in [5.41, 5.74) is 1.21. The Balaban J connectivity index is 0.00000462. The average molecular weight is 630 g/mol. The van der Waals surface area contributed by atoms with E-state index in [1.165, 1.54) is 11.0 Å². The van der Waals surface area contributed by atoms with E-state index in [1.807, 2.05) is 0 Å². The van der Waals surface area contributed by atoms with Crippen LogP contribution in [0.3, 0.4) is 0 Å². The average Bonchev–Trinajstić information content (AvgIpc) is 3.54. The van der Waals surface area contributed by atoms with Crippen LogP contribution in [0.25, 0.3) is 0 Å². The molecule has 0 spiro atoms. The van der Waals surface area contributed by atoms with Crippen molar-refractivity contribution in [2.24, 2.45) is 0 Å². The zero-order valence-electron chi connectivity index (χ0n) is 21.9. The summed E-state index contributed by atoms with van der Waals surface area (Å²) >= 11 is 7.03. The fourth-order valence-electron chi connectivity index (χ4n) is 4.45. The zero-order chi connectivity index (χ0) is 28.6. The van der Waals surface area contributed by atoms with E-state index in [9.17, 15) is 29.1 Å². The van der Waals surface area contributed by atoms with Crippen molar-refractivity contribution >= 4 is 76.9 Å². The monoisotopic (exact) mass is 628 g/mol. The van der Waals surface area contributed by atoms with Crippen LogP contribution in [0.5, 0.6) is 0 Å². The Labute approximate surface area is 251 Å². The molecule has 41 heavy (non-hydrogen) atoms. The van der Waals surface area contributed by atoms with Gasteiger partial charge in [0.1, 0.15) is 19.0 Å². The summed E-state index contributed by atoms with van der Waals surface area (Å²) in [6.07, 6.45) is -0.596. The molecule has 0 unspecified atom stereocenters. The maximum Gasteiger partial charge on any atom is 0.414 e. The van der Waals surface area contributed by atoms with Crippen molar-refractivity contribution in [1.82, 2.24) is 10.2 Å². The Morgan fingerprint density at radius 1 is 1.15 bits per heavy atom. The highest BCUT2D eigenvalue weighted by atomic mass is 35.5. The van der Waals surface area contributed by atoms with E-state index in [0.717, 1.165) is 22.5 Å². The van der Waals surface area contributed by atoms with Crippen molar-refractivity contribution in [3.63, 3.8) is 0 Å². The summed E-state index contributed by atoms with van der Waals surface area (Å²) in [5.74, 6) is -2.00. The van der Waals surface area contributed by atoms with Gasteiger partial charge in [0, 0.05) is 24.3 Å². The Morgan fingerprint density at radius 3 is 2.46 bits per heavy atom. The van der Waals surface area contributed by atoms with Crippen LogP contribution in [0.2, 0.25) is 4.34 Å². The molecule has 2 saturated heterocycles. The number of carbonyl (C=O) groups is 5. The van der Waals surface area contributed by atoms with Gasteiger partial charge in [0.05, 0.1) is 28.9 Å². The number of cyclic esters (lactones) is 1. The number of rotatable bonds is 13. The van der Waals surface area contributed by atoms with Gasteiger partial charge in [-0.3, -0.25) is 19.8 Å². The van der Waals surface area contributed by atoms with Gasteiger partial charge in [-0.25, -0.2) is 9.59 Å². The van der Waals surface area contributed by atoms with E-state index in [4.69, 9.17) is 21.1 Å². The lowest BCUT2D eigenvalue weighted by Crippen LogP contribution is -2.56. The molecule has 2 atom stereocenters. The lowest BCUT2D eigenvalue weighted by molar-refractivity contribution is -0.144. The number of halogens is 2. The molecule has 1 aromatic heterocycles. The third kappa shape index (κ3) is 8.17.